The minimum atomic E-state index is 0.237. The van der Waals surface area contributed by atoms with E-state index < -0.39 is 0 Å². The quantitative estimate of drug-likeness (QED) is 0.523. The molecule has 108 valence electrons. The Kier molecular flexibility index (Phi) is 4.44. The molecule has 0 spiro atoms. The summed E-state index contributed by atoms with van der Waals surface area (Å²) in [7, 11) is 2.91. The Bertz CT molecular complexity index is 559. The molecule has 1 unspecified atom stereocenters. The molecule has 6 nitrogen and oxygen atoms in total. The summed E-state index contributed by atoms with van der Waals surface area (Å²) in [5.74, 6) is 1.28. The zero-order valence-electron chi connectivity index (χ0n) is 11.6. The van der Waals surface area contributed by atoms with Gasteiger partial charge in [0.15, 0.2) is 5.15 Å². The Balaban J connectivity index is 2.38. The van der Waals surface area contributed by atoms with Crippen molar-refractivity contribution in [1.29, 1.82) is 0 Å². The van der Waals surface area contributed by atoms with Crippen LogP contribution in [0.3, 0.4) is 0 Å². The van der Waals surface area contributed by atoms with Gasteiger partial charge in [0.2, 0.25) is 0 Å². The lowest BCUT2D eigenvalue weighted by Crippen LogP contribution is -2.10. The monoisotopic (exact) mass is 296 g/mol. The first-order valence-electron chi connectivity index (χ1n) is 6.23. The van der Waals surface area contributed by atoms with Gasteiger partial charge in [-0.15, -0.1) is 10.2 Å². The third-order valence-electron chi connectivity index (χ3n) is 3.33. The smallest absolute Gasteiger partial charge is 0.261 e. The van der Waals surface area contributed by atoms with E-state index >= 15 is 0 Å². The van der Waals surface area contributed by atoms with Gasteiger partial charge >= 0.3 is 0 Å². The minimum Gasteiger partial charge on any atom is -0.478 e. The fourth-order valence-electron chi connectivity index (χ4n) is 2.08. The van der Waals surface area contributed by atoms with Crippen LogP contribution in [0, 0.1) is 5.92 Å². The Morgan fingerprint density at radius 2 is 2.20 bits per heavy atom. The summed E-state index contributed by atoms with van der Waals surface area (Å²) in [6, 6.07) is 1.88. The summed E-state index contributed by atoms with van der Waals surface area (Å²) in [4.78, 5) is 4.72. The van der Waals surface area contributed by atoms with Gasteiger partial charge in [-0.05, 0) is 35.0 Å². The Morgan fingerprint density at radius 3 is 2.70 bits per heavy atom. The normalized spacial score (nSPS) is 22.6. The number of oxime groups is 1. The molecule has 0 aliphatic heterocycles. The summed E-state index contributed by atoms with van der Waals surface area (Å²) in [6.07, 6.45) is 2.47. The Labute approximate surface area is 122 Å². The molecule has 1 saturated carbocycles. The van der Waals surface area contributed by atoms with Gasteiger partial charge in [-0.25, -0.2) is 0 Å². The van der Waals surface area contributed by atoms with Crippen LogP contribution in [0.2, 0.25) is 5.15 Å². The van der Waals surface area contributed by atoms with Gasteiger partial charge in [0.1, 0.15) is 12.8 Å². The fraction of sp³-hybridized carbons (Fsp3) is 0.462. The average molecular weight is 297 g/mol. The zero-order chi connectivity index (χ0) is 14.7. The molecule has 7 heteroatoms. The maximum atomic E-state index is 6.11. The molecule has 2 atom stereocenters. The van der Waals surface area contributed by atoms with Crippen molar-refractivity contribution in [3.8, 4) is 0 Å². The predicted octanol–water partition coefficient (Wildman–Crippen LogP) is 2.16. The number of ether oxygens (including phenoxy) is 1. The maximum absolute atomic E-state index is 6.11. The van der Waals surface area contributed by atoms with E-state index in [1.807, 2.05) is 6.07 Å². The van der Waals surface area contributed by atoms with Crippen LogP contribution in [0.1, 0.15) is 30.5 Å². The molecule has 0 aromatic carbocycles. The maximum Gasteiger partial charge on any atom is 0.261 e. The largest absolute Gasteiger partial charge is 0.478 e. The number of methoxy groups -OCH3 is 1. The van der Waals surface area contributed by atoms with Crippen molar-refractivity contribution in [2.75, 3.05) is 14.2 Å². The zero-order valence-corrected chi connectivity index (χ0v) is 12.4. The van der Waals surface area contributed by atoms with Crippen LogP contribution in [-0.2, 0) is 9.57 Å². The summed E-state index contributed by atoms with van der Waals surface area (Å²) < 4.78 is 5.14. The second-order valence-electron chi connectivity index (χ2n) is 4.66. The molecule has 20 heavy (non-hydrogen) atoms. The SMILES string of the molecule is CON=C(OC)C(=CN)c1cc(C2C[C@@H]2C)c(Cl)nn1. The molecule has 0 bridgehead atoms. The molecule has 1 fully saturated rings. The van der Waals surface area contributed by atoms with Crippen LogP contribution in [0.5, 0.6) is 0 Å². The molecular weight excluding hydrogens is 280 g/mol. The lowest BCUT2D eigenvalue weighted by atomic mass is 10.1. The number of hydrogen-bond acceptors (Lipinski definition) is 6. The molecule has 0 amide bonds. The van der Waals surface area contributed by atoms with Crippen LogP contribution in [0.4, 0.5) is 0 Å². The Hall–Kier alpha value is -1.82. The molecule has 1 aromatic rings. The molecule has 0 saturated heterocycles. The lowest BCUT2D eigenvalue weighted by Gasteiger charge is -2.09. The highest BCUT2D eigenvalue weighted by atomic mass is 35.5. The molecule has 1 heterocycles. The van der Waals surface area contributed by atoms with Crippen molar-refractivity contribution in [2.45, 2.75) is 19.3 Å². The van der Waals surface area contributed by atoms with Gasteiger partial charge in [-0.3, -0.25) is 0 Å². The van der Waals surface area contributed by atoms with Crippen LogP contribution in [0.25, 0.3) is 5.57 Å². The number of nitrogens with zero attached hydrogens (tertiary/aromatic N) is 3. The van der Waals surface area contributed by atoms with Crippen LogP contribution >= 0.6 is 11.6 Å². The van der Waals surface area contributed by atoms with E-state index in [2.05, 4.69) is 22.3 Å². The molecule has 1 aliphatic rings. The van der Waals surface area contributed by atoms with Crippen LogP contribution < -0.4 is 5.73 Å². The molecule has 1 aliphatic carbocycles. The van der Waals surface area contributed by atoms with Crippen molar-refractivity contribution in [1.82, 2.24) is 10.2 Å². The molecule has 2 rings (SSSR count). The molecular formula is C13H17ClN4O2. The number of hydrogen-bond donors (Lipinski definition) is 1. The van der Waals surface area contributed by atoms with Crippen molar-refractivity contribution in [2.24, 2.45) is 16.8 Å². The first kappa shape index (κ1) is 14.6. The Morgan fingerprint density at radius 1 is 1.50 bits per heavy atom. The lowest BCUT2D eigenvalue weighted by molar-refractivity contribution is 0.200. The van der Waals surface area contributed by atoms with Gasteiger partial charge in [-0.1, -0.05) is 18.5 Å². The third-order valence-corrected chi connectivity index (χ3v) is 3.62. The van der Waals surface area contributed by atoms with Crippen molar-refractivity contribution < 1.29 is 9.57 Å². The van der Waals surface area contributed by atoms with E-state index in [1.165, 1.54) is 20.4 Å². The van der Waals surface area contributed by atoms with Crippen LogP contribution in [-0.4, -0.2) is 30.3 Å². The standard InChI is InChI=1S/C13H17ClN4O2/c1-7-4-8(7)9-5-11(16-17-12(9)14)10(6-15)13(19-2)18-20-3/h5-8H,4,15H2,1-3H3/t7-,8?/m0/s1. The number of rotatable bonds is 4. The van der Waals surface area contributed by atoms with E-state index in [-0.39, 0.29) is 5.90 Å². The first-order chi connectivity index (χ1) is 9.62. The van der Waals surface area contributed by atoms with E-state index in [4.69, 9.17) is 26.9 Å². The summed E-state index contributed by atoms with van der Waals surface area (Å²) in [5, 5.41) is 12.2. The molecule has 0 radical (unpaired) electrons. The van der Waals surface area contributed by atoms with Crippen molar-refractivity contribution in [3.05, 3.63) is 28.7 Å². The predicted molar refractivity (Wildman–Crippen MR) is 77.2 cm³/mol. The average Bonchev–Trinajstić information content (AvgIpc) is 3.17. The highest BCUT2D eigenvalue weighted by Crippen LogP contribution is 2.48. The van der Waals surface area contributed by atoms with Gasteiger partial charge in [0.05, 0.1) is 12.7 Å². The number of aromatic nitrogens is 2. The van der Waals surface area contributed by atoms with Crippen molar-refractivity contribution >= 4 is 23.1 Å². The summed E-state index contributed by atoms with van der Waals surface area (Å²) in [5.41, 5.74) is 7.69. The van der Waals surface area contributed by atoms with E-state index in [0.29, 0.717) is 28.3 Å². The van der Waals surface area contributed by atoms with E-state index in [9.17, 15) is 0 Å². The minimum absolute atomic E-state index is 0.237. The van der Waals surface area contributed by atoms with E-state index in [1.54, 1.807) is 0 Å². The summed E-state index contributed by atoms with van der Waals surface area (Å²) in [6.45, 7) is 2.17. The van der Waals surface area contributed by atoms with Gasteiger partial charge in [0, 0.05) is 6.20 Å². The topological polar surface area (TPSA) is 82.6 Å². The second kappa shape index (κ2) is 6.09. The number of nitrogens with two attached hydrogens (primary N) is 1. The molecule has 2 N–H and O–H groups in total. The third kappa shape index (κ3) is 2.85. The van der Waals surface area contributed by atoms with Gasteiger partial charge in [0.25, 0.3) is 5.90 Å². The number of halogens is 1. The molecule has 1 aromatic heterocycles. The highest BCUT2D eigenvalue weighted by Gasteiger charge is 2.36. The van der Waals surface area contributed by atoms with Gasteiger partial charge < -0.3 is 15.3 Å². The highest BCUT2D eigenvalue weighted by molar-refractivity contribution is 6.30. The summed E-state index contributed by atoms with van der Waals surface area (Å²) >= 11 is 6.11. The van der Waals surface area contributed by atoms with Gasteiger partial charge in [-0.2, -0.15) is 0 Å². The van der Waals surface area contributed by atoms with Crippen molar-refractivity contribution in [3.63, 3.8) is 0 Å². The van der Waals surface area contributed by atoms with Crippen LogP contribution in [0.15, 0.2) is 17.4 Å². The van der Waals surface area contributed by atoms with E-state index in [0.717, 1.165) is 12.0 Å². The second-order valence-corrected chi connectivity index (χ2v) is 5.02. The fourth-order valence-corrected chi connectivity index (χ4v) is 2.32. The first-order valence-corrected chi connectivity index (χ1v) is 6.61.